The molecule has 0 bridgehead atoms. The van der Waals surface area contributed by atoms with Gasteiger partial charge >= 0.3 is 14.7 Å². The van der Waals surface area contributed by atoms with Crippen molar-refractivity contribution in [3.05, 3.63) is 36.6 Å². The summed E-state index contributed by atoms with van der Waals surface area (Å²) >= 11 is 0. The first-order chi connectivity index (χ1) is 8.20. The predicted octanol–water partition coefficient (Wildman–Crippen LogP) is 0.524. The van der Waals surface area contributed by atoms with Crippen molar-refractivity contribution in [2.24, 2.45) is 0 Å². The van der Waals surface area contributed by atoms with Crippen LogP contribution in [0.3, 0.4) is 0 Å². The van der Waals surface area contributed by atoms with Crippen LogP contribution in [0.2, 0.25) is 0 Å². The summed E-state index contributed by atoms with van der Waals surface area (Å²) in [5.41, 5.74) is 0.131. The minimum Gasteiger partial charge on any atom is -0.534 e. The van der Waals surface area contributed by atoms with Gasteiger partial charge in [0.05, 0.1) is 11.1 Å². The van der Waals surface area contributed by atoms with Gasteiger partial charge in [-0.3, -0.25) is 4.57 Å². The average Bonchev–Trinajstić information content (AvgIpc) is 2.53. The van der Waals surface area contributed by atoms with Gasteiger partial charge in [-0.2, -0.15) is 0 Å². The number of hydrogen-bond donors (Lipinski definition) is 2. The fourth-order valence-corrected chi connectivity index (χ4v) is 2.13. The third kappa shape index (κ3) is 2.52. The molecule has 1 aromatic rings. The first-order valence-electron chi connectivity index (χ1n) is 5.40. The smallest absolute Gasteiger partial charge is 0.534 e. The molecule has 0 radical (unpaired) electrons. The zero-order valence-corrected chi connectivity index (χ0v) is 11.1. The molecule has 0 spiro atoms. The van der Waals surface area contributed by atoms with Crippen molar-refractivity contribution in [3.8, 4) is 0 Å². The maximum atomic E-state index is 11.0. The number of rotatable bonds is 2. The fraction of sp³-hybridized carbons (Fsp3) is 0.273. The largest absolute Gasteiger partial charge is 0.563 e. The molecule has 1 heterocycles. The van der Waals surface area contributed by atoms with Crippen molar-refractivity contribution < 1.29 is 23.7 Å². The number of benzene rings is 1. The lowest BCUT2D eigenvalue weighted by Crippen LogP contribution is -2.34. The molecule has 0 aliphatic carbocycles. The van der Waals surface area contributed by atoms with Gasteiger partial charge in [-0.25, -0.2) is 0 Å². The molecule has 0 atom stereocenters. The molecule has 1 aromatic carbocycles. The summed E-state index contributed by atoms with van der Waals surface area (Å²) < 4.78 is 22.2. The van der Waals surface area contributed by atoms with Crippen LogP contribution in [0.15, 0.2) is 36.6 Å². The SMILES string of the molecule is C=C1OB(c2ccc(P(=O)(O)O)cc2)OC1(C)C. The van der Waals surface area contributed by atoms with Crippen LogP contribution in [-0.2, 0) is 13.9 Å². The number of hydrogen-bond acceptors (Lipinski definition) is 3. The van der Waals surface area contributed by atoms with E-state index in [1.807, 2.05) is 13.8 Å². The van der Waals surface area contributed by atoms with E-state index in [1.165, 1.54) is 12.1 Å². The van der Waals surface area contributed by atoms with Crippen molar-refractivity contribution in [3.63, 3.8) is 0 Å². The van der Waals surface area contributed by atoms with E-state index < -0.39 is 20.3 Å². The minimum absolute atomic E-state index is 0.0256. The zero-order chi connectivity index (χ0) is 13.6. The van der Waals surface area contributed by atoms with E-state index in [0.29, 0.717) is 11.2 Å². The summed E-state index contributed by atoms with van der Waals surface area (Å²) in [6.45, 7) is 7.46. The van der Waals surface area contributed by atoms with Crippen molar-refractivity contribution in [1.29, 1.82) is 0 Å². The van der Waals surface area contributed by atoms with Crippen LogP contribution < -0.4 is 10.8 Å². The molecule has 1 fully saturated rings. The molecule has 0 unspecified atom stereocenters. The third-order valence-electron chi connectivity index (χ3n) is 2.82. The zero-order valence-electron chi connectivity index (χ0n) is 10.2. The van der Waals surface area contributed by atoms with Gasteiger partial charge in [-0.15, -0.1) is 0 Å². The fourth-order valence-electron chi connectivity index (χ4n) is 1.59. The molecular weight excluding hydrogens is 254 g/mol. The van der Waals surface area contributed by atoms with Crippen LogP contribution >= 0.6 is 7.60 Å². The summed E-state index contributed by atoms with van der Waals surface area (Å²) in [5, 5.41) is -0.0256. The minimum atomic E-state index is -4.21. The molecule has 96 valence electrons. The third-order valence-corrected chi connectivity index (χ3v) is 3.79. The van der Waals surface area contributed by atoms with Gasteiger partial charge in [0.25, 0.3) is 0 Å². The van der Waals surface area contributed by atoms with Crippen molar-refractivity contribution in [2.75, 3.05) is 0 Å². The van der Waals surface area contributed by atoms with E-state index in [0.717, 1.165) is 0 Å². The first kappa shape index (κ1) is 13.4. The predicted molar refractivity (Wildman–Crippen MR) is 68.9 cm³/mol. The normalized spacial score (nSPS) is 18.9. The summed E-state index contributed by atoms with van der Waals surface area (Å²) in [7, 11) is -4.79. The Kier molecular flexibility index (Phi) is 3.15. The molecule has 1 aliphatic rings. The van der Waals surface area contributed by atoms with E-state index >= 15 is 0 Å². The Morgan fingerprint density at radius 2 is 1.83 bits per heavy atom. The summed E-state index contributed by atoms with van der Waals surface area (Å²) in [5.74, 6) is 0.534. The maximum Gasteiger partial charge on any atom is 0.563 e. The Balaban J connectivity index is 2.22. The van der Waals surface area contributed by atoms with Crippen LogP contribution in [0.5, 0.6) is 0 Å². The quantitative estimate of drug-likeness (QED) is 0.604. The van der Waals surface area contributed by atoms with Gasteiger partial charge in [-0.05, 0) is 31.4 Å². The van der Waals surface area contributed by atoms with Crippen molar-refractivity contribution in [1.82, 2.24) is 0 Å². The van der Waals surface area contributed by atoms with E-state index in [-0.39, 0.29) is 5.30 Å². The molecule has 5 nitrogen and oxygen atoms in total. The van der Waals surface area contributed by atoms with E-state index in [2.05, 4.69) is 6.58 Å². The monoisotopic (exact) mass is 268 g/mol. The first-order valence-corrected chi connectivity index (χ1v) is 7.01. The van der Waals surface area contributed by atoms with Crippen molar-refractivity contribution >= 4 is 25.5 Å². The lowest BCUT2D eigenvalue weighted by molar-refractivity contribution is 0.173. The highest BCUT2D eigenvalue weighted by Gasteiger charge is 2.42. The van der Waals surface area contributed by atoms with Gasteiger partial charge in [0.1, 0.15) is 5.60 Å². The summed E-state index contributed by atoms with van der Waals surface area (Å²) in [6, 6.07) is 5.90. The van der Waals surface area contributed by atoms with Crippen LogP contribution in [0.4, 0.5) is 0 Å². The second kappa shape index (κ2) is 4.25. The Bertz CT molecular complexity index is 519. The van der Waals surface area contributed by atoms with Crippen molar-refractivity contribution in [2.45, 2.75) is 19.4 Å². The van der Waals surface area contributed by atoms with Gasteiger partial charge in [-0.1, -0.05) is 18.7 Å². The highest BCUT2D eigenvalue weighted by molar-refractivity contribution is 7.60. The second-order valence-electron chi connectivity index (χ2n) is 4.64. The summed E-state index contributed by atoms with van der Waals surface area (Å²) in [4.78, 5) is 18.0. The Morgan fingerprint density at radius 1 is 1.28 bits per heavy atom. The standard InChI is InChI=1S/C11H14BO5P/c1-8-11(2,3)17-12(16-8)9-4-6-10(7-5-9)18(13,14)15/h4-7H,1H2,2-3H3,(H2,13,14,15). The molecule has 0 saturated carbocycles. The van der Waals surface area contributed by atoms with Crippen LogP contribution in [0.25, 0.3) is 0 Å². The molecule has 0 aromatic heterocycles. The van der Waals surface area contributed by atoms with Gasteiger partial charge in [0, 0.05) is 0 Å². The molecule has 7 heteroatoms. The lowest BCUT2D eigenvalue weighted by atomic mass is 9.79. The van der Waals surface area contributed by atoms with Crippen LogP contribution in [0.1, 0.15) is 13.8 Å². The molecule has 0 amide bonds. The summed E-state index contributed by atoms with van der Waals surface area (Å²) in [6.07, 6.45) is 0. The molecule has 1 aliphatic heterocycles. The van der Waals surface area contributed by atoms with Gasteiger partial charge < -0.3 is 19.1 Å². The second-order valence-corrected chi connectivity index (χ2v) is 6.24. The van der Waals surface area contributed by atoms with Crippen LogP contribution in [0, 0.1) is 0 Å². The molecule has 18 heavy (non-hydrogen) atoms. The van der Waals surface area contributed by atoms with Crippen LogP contribution in [-0.4, -0.2) is 22.5 Å². The molecular formula is C11H14BO5P. The highest BCUT2D eigenvalue weighted by atomic mass is 31.2. The Morgan fingerprint density at radius 3 is 2.22 bits per heavy atom. The highest BCUT2D eigenvalue weighted by Crippen LogP contribution is 2.33. The van der Waals surface area contributed by atoms with Gasteiger partial charge in [0.15, 0.2) is 0 Å². The maximum absolute atomic E-state index is 11.0. The topological polar surface area (TPSA) is 76.0 Å². The molecule has 2 rings (SSSR count). The van der Waals surface area contributed by atoms with E-state index in [1.54, 1.807) is 12.1 Å². The molecule has 2 N–H and O–H groups in total. The van der Waals surface area contributed by atoms with Gasteiger partial charge in [0.2, 0.25) is 0 Å². The lowest BCUT2D eigenvalue weighted by Gasteiger charge is -2.15. The van der Waals surface area contributed by atoms with E-state index in [9.17, 15) is 4.57 Å². The molecule has 1 saturated heterocycles. The Hall–Kier alpha value is -1.07. The van der Waals surface area contributed by atoms with E-state index in [4.69, 9.17) is 19.1 Å². The Labute approximate surface area is 106 Å². The average molecular weight is 268 g/mol.